The van der Waals surface area contributed by atoms with Gasteiger partial charge in [-0.2, -0.15) is 0 Å². The SMILES string of the molecule is CCc1nnc(S/C(=C/c2ccc(-c3cccc([N+](=O)[O-])c3)o2)C(=O)O)o1. The van der Waals surface area contributed by atoms with Gasteiger partial charge < -0.3 is 13.9 Å². The number of non-ortho nitro benzene ring substituents is 1. The average molecular weight is 387 g/mol. The van der Waals surface area contributed by atoms with Crippen LogP contribution in [0.2, 0.25) is 0 Å². The number of furan rings is 1. The molecule has 0 aliphatic heterocycles. The highest BCUT2D eigenvalue weighted by molar-refractivity contribution is 8.03. The molecule has 0 aliphatic rings. The minimum Gasteiger partial charge on any atom is -0.477 e. The summed E-state index contributed by atoms with van der Waals surface area (Å²) in [6.07, 6.45) is 1.87. The summed E-state index contributed by atoms with van der Waals surface area (Å²) >= 11 is 0.811. The van der Waals surface area contributed by atoms with Gasteiger partial charge in [-0.15, -0.1) is 10.2 Å². The van der Waals surface area contributed by atoms with Crippen molar-refractivity contribution in [2.24, 2.45) is 0 Å². The summed E-state index contributed by atoms with van der Waals surface area (Å²) in [7, 11) is 0. The number of benzene rings is 1. The molecular weight excluding hydrogens is 374 g/mol. The van der Waals surface area contributed by atoms with Crippen LogP contribution in [0.1, 0.15) is 18.6 Å². The third kappa shape index (κ3) is 4.42. The predicted molar refractivity (Wildman–Crippen MR) is 95.9 cm³/mol. The summed E-state index contributed by atoms with van der Waals surface area (Å²) in [6.45, 7) is 1.84. The topological polar surface area (TPSA) is 132 Å². The zero-order valence-electron chi connectivity index (χ0n) is 14.0. The van der Waals surface area contributed by atoms with Gasteiger partial charge in [-0.3, -0.25) is 10.1 Å². The number of thioether (sulfide) groups is 1. The number of nitro benzene ring substituents is 1. The van der Waals surface area contributed by atoms with Gasteiger partial charge >= 0.3 is 5.97 Å². The van der Waals surface area contributed by atoms with Crippen molar-refractivity contribution < 1.29 is 23.7 Å². The largest absolute Gasteiger partial charge is 0.477 e. The molecule has 3 aromatic rings. The molecule has 3 rings (SSSR count). The molecule has 0 radical (unpaired) electrons. The molecule has 0 atom stereocenters. The summed E-state index contributed by atoms with van der Waals surface area (Å²) in [5, 5.41) is 27.9. The molecule has 2 aromatic heterocycles. The Hall–Kier alpha value is -3.40. The highest BCUT2D eigenvalue weighted by atomic mass is 32.2. The second kappa shape index (κ2) is 7.87. The number of aryl methyl sites for hydroxylation is 1. The number of aromatic nitrogens is 2. The molecule has 0 bridgehead atoms. The van der Waals surface area contributed by atoms with Gasteiger partial charge in [0.25, 0.3) is 10.9 Å². The Morgan fingerprint density at radius 1 is 1.30 bits per heavy atom. The minimum absolute atomic E-state index is 0.0640. The lowest BCUT2D eigenvalue weighted by Crippen LogP contribution is -1.96. The van der Waals surface area contributed by atoms with Crippen LogP contribution in [0.5, 0.6) is 0 Å². The monoisotopic (exact) mass is 387 g/mol. The van der Waals surface area contributed by atoms with Crippen LogP contribution in [-0.4, -0.2) is 26.2 Å². The van der Waals surface area contributed by atoms with Crippen LogP contribution in [0.3, 0.4) is 0 Å². The Balaban J connectivity index is 1.85. The van der Waals surface area contributed by atoms with Gasteiger partial charge in [0.1, 0.15) is 16.4 Å². The molecule has 0 unspecified atom stereocenters. The Kier molecular flexibility index (Phi) is 5.36. The molecule has 0 saturated heterocycles. The fraction of sp³-hybridized carbons (Fsp3) is 0.118. The molecule has 138 valence electrons. The molecule has 0 saturated carbocycles. The molecule has 1 N–H and O–H groups in total. The highest BCUT2D eigenvalue weighted by Crippen LogP contribution is 2.30. The Morgan fingerprint density at radius 3 is 2.78 bits per heavy atom. The molecule has 2 heterocycles. The van der Waals surface area contributed by atoms with Crippen LogP contribution < -0.4 is 0 Å². The zero-order chi connectivity index (χ0) is 19.4. The van der Waals surface area contributed by atoms with Crippen molar-refractivity contribution >= 4 is 29.5 Å². The first kappa shape index (κ1) is 18.4. The molecule has 0 spiro atoms. The lowest BCUT2D eigenvalue weighted by atomic mass is 10.1. The number of carboxylic acid groups (broad SMARTS) is 1. The van der Waals surface area contributed by atoms with E-state index in [9.17, 15) is 20.0 Å². The van der Waals surface area contributed by atoms with Gasteiger partial charge in [-0.05, 0) is 23.9 Å². The van der Waals surface area contributed by atoms with Gasteiger partial charge in [0, 0.05) is 30.2 Å². The predicted octanol–water partition coefficient (Wildman–Crippen LogP) is 4.02. The average Bonchev–Trinajstić information content (AvgIpc) is 3.30. The molecule has 0 amide bonds. The molecule has 1 aromatic carbocycles. The van der Waals surface area contributed by atoms with Gasteiger partial charge in [-0.25, -0.2) is 4.79 Å². The number of nitrogens with zero attached hydrogens (tertiary/aromatic N) is 3. The Bertz CT molecular complexity index is 1020. The van der Waals surface area contributed by atoms with Crippen LogP contribution in [0, 0.1) is 10.1 Å². The zero-order valence-corrected chi connectivity index (χ0v) is 14.8. The molecule has 9 nitrogen and oxygen atoms in total. The van der Waals surface area contributed by atoms with Gasteiger partial charge in [-0.1, -0.05) is 19.1 Å². The first-order chi connectivity index (χ1) is 13.0. The van der Waals surface area contributed by atoms with Crippen molar-refractivity contribution in [3.05, 3.63) is 63.1 Å². The number of rotatable bonds is 7. The van der Waals surface area contributed by atoms with E-state index >= 15 is 0 Å². The van der Waals surface area contributed by atoms with E-state index in [-0.39, 0.29) is 21.6 Å². The van der Waals surface area contributed by atoms with E-state index in [1.54, 1.807) is 24.3 Å². The van der Waals surface area contributed by atoms with Gasteiger partial charge in [0.2, 0.25) is 5.89 Å². The molecular formula is C17H13N3O6S. The van der Waals surface area contributed by atoms with Gasteiger partial charge in [0.05, 0.1) is 4.92 Å². The van der Waals surface area contributed by atoms with Crippen LogP contribution in [0.25, 0.3) is 17.4 Å². The minimum atomic E-state index is -1.18. The summed E-state index contributed by atoms with van der Waals surface area (Å²) in [5.41, 5.74) is 0.448. The van der Waals surface area contributed by atoms with Crippen molar-refractivity contribution in [2.75, 3.05) is 0 Å². The first-order valence-corrected chi connectivity index (χ1v) is 8.58. The Labute approximate surface area is 156 Å². The number of hydrogen-bond donors (Lipinski definition) is 1. The van der Waals surface area contributed by atoms with E-state index in [1.165, 1.54) is 18.2 Å². The van der Waals surface area contributed by atoms with Crippen molar-refractivity contribution in [1.82, 2.24) is 10.2 Å². The fourth-order valence-electron chi connectivity index (χ4n) is 2.14. The fourth-order valence-corrected chi connectivity index (χ4v) is 2.81. The standard InChI is InChI=1S/C17H13N3O6S/c1-2-15-18-19-17(26-15)27-14(16(21)22)9-12-6-7-13(25-12)10-4-3-5-11(8-10)20(23)24/h3-9H,2H2,1H3,(H,21,22)/b14-9+. The Morgan fingerprint density at radius 2 is 2.11 bits per heavy atom. The quantitative estimate of drug-likeness (QED) is 0.276. The maximum Gasteiger partial charge on any atom is 0.342 e. The summed E-state index contributed by atoms with van der Waals surface area (Å²) < 4.78 is 10.9. The number of nitro groups is 1. The normalized spacial score (nSPS) is 11.5. The number of carbonyl (C=O) groups is 1. The van der Waals surface area contributed by atoms with E-state index in [1.807, 2.05) is 6.92 Å². The third-order valence-corrected chi connectivity index (χ3v) is 4.25. The second-order valence-corrected chi connectivity index (χ2v) is 6.23. The van der Waals surface area contributed by atoms with E-state index < -0.39 is 10.9 Å². The van der Waals surface area contributed by atoms with Gasteiger partial charge in [0.15, 0.2) is 0 Å². The van der Waals surface area contributed by atoms with Crippen LogP contribution >= 0.6 is 11.8 Å². The van der Waals surface area contributed by atoms with Crippen molar-refractivity contribution in [2.45, 2.75) is 18.6 Å². The second-order valence-electron chi connectivity index (χ2n) is 5.24. The highest BCUT2D eigenvalue weighted by Gasteiger charge is 2.16. The first-order valence-electron chi connectivity index (χ1n) is 7.76. The third-order valence-electron chi connectivity index (χ3n) is 3.40. The lowest BCUT2D eigenvalue weighted by molar-refractivity contribution is -0.384. The summed E-state index contributed by atoms with van der Waals surface area (Å²) in [6, 6.07) is 9.15. The maximum absolute atomic E-state index is 11.5. The van der Waals surface area contributed by atoms with Crippen LogP contribution in [0.15, 0.2) is 55.4 Å². The molecule has 0 fully saturated rings. The van der Waals surface area contributed by atoms with E-state index in [0.29, 0.717) is 23.6 Å². The van der Waals surface area contributed by atoms with Crippen LogP contribution in [0.4, 0.5) is 5.69 Å². The molecule has 27 heavy (non-hydrogen) atoms. The van der Waals surface area contributed by atoms with E-state index in [4.69, 9.17) is 8.83 Å². The number of hydrogen-bond acceptors (Lipinski definition) is 8. The van der Waals surface area contributed by atoms with Crippen LogP contribution in [-0.2, 0) is 11.2 Å². The number of aliphatic carboxylic acids is 1. The summed E-state index contributed by atoms with van der Waals surface area (Å²) in [4.78, 5) is 21.8. The molecule has 0 aliphatic carbocycles. The van der Waals surface area contributed by atoms with E-state index in [0.717, 1.165) is 11.8 Å². The molecule has 10 heteroatoms. The lowest BCUT2D eigenvalue weighted by Gasteiger charge is -1.98. The van der Waals surface area contributed by atoms with Crippen molar-refractivity contribution in [3.63, 3.8) is 0 Å². The van der Waals surface area contributed by atoms with Crippen molar-refractivity contribution in [3.8, 4) is 11.3 Å². The summed E-state index contributed by atoms with van der Waals surface area (Å²) in [5.74, 6) is -0.111. The van der Waals surface area contributed by atoms with E-state index in [2.05, 4.69) is 10.2 Å². The maximum atomic E-state index is 11.5. The van der Waals surface area contributed by atoms with Crippen molar-refractivity contribution in [1.29, 1.82) is 0 Å². The smallest absolute Gasteiger partial charge is 0.342 e. The number of carboxylic acids is 1.